The van der Waals surface area contributed by atoms with Crippen molar-refractivity contribution in [3.8, 4) is 11.5 Å². The minimum Gasteiger partial charge on any atom is -0.489 e. The minimum absolute atomic E-state index is 0.101. The Balaban J connectivity index is 2.16. The summed E-state index contributed by atoms with van der Waals surface area (Å²) in [5, 5.41) is 1.62. The van der Waals surface area contributed by atoms with Gasteiger partial charge < -0.3 is 28.4 Å². The Labute approximate surface area is 200 Å². The van der Waals surface area contributed by atoms with Crippen molar-refractivity contribution in [2.45, 2.75) is 26.1 Å². The maximum Gasteiger partial charge on any atom is 0.333 e. The molecule has 0 aromatic heterocycles. The van der Waals surface area contributed by atoms with Crippen molar-refractivity contribution in [1.82, 2.24) is 0 Å². The predicted octanol–water partition coefficient (Wildman–Crippen LogP) is 3.87. The number of hydrogen-bond donors (Lipinski definition) is 0. The highest BCUT2D eigenvalue weighted by Crippen LogP contribution is 2.33. The van der Waals surface area contributed by atoms with Crippen LogP contribution >= 0.6 is 0 Å². The molecule has 0 aliphatic heterocycles. The van der Waals surface area contributed by atoms with Gasteiger partial charge in [-0.25, -0.2) is 9.59 Å². The minimum atomic E-state index is -0.596. The van der Waals surface area contributed by atoms with Gasteiger partial charge in [0, 0.05) is 36.1 Å². The summed E-state index contributed by atoms with van der Waals surface area (Å²) in [6, 6.07) is 11.1. The number of benzene rings is 2. The van der Waals surface area contributed by atoms with Gasteiger partial charge >= 0.3 is 11.9 Å². The Hall–Kier alpha value is -3.36. The molecule has 0 aliphatic rings. The maximum absolute atomic E-state index is 11.9. The number of carbonyl (C=O) groups is 2. The van der Waals surface area contributed by atoms with E-state index in [1.54, 1.807) is 26.0 Å². The molecule has 0 spiro atoms. The lowest BCUT2D eigenvalue weighted by Crippen LogP contribution is -2.30. The van der Waals surface area contributed by atoms with E-state index in [9.17, 15) is 9.59 Å². The summed E-state index contributed by atoms with van der Waals surface area (Å²) in [7, 11) is 3.04. The molecule has 0 amide bonds. The van der Waals surface area contributed by atoms with Crippen molar-refractivity contribution in [3.63, 3.8) is 0 Å². The predicted molar refractivity (Wildman–Crippen MR) is 128 cm³/mol. The Kier molecular flexibility index (Phi) is 10.6. The molecule has 8 heteroatoms. The van der Waals surface area contributed by atoms with Crippen LogP contribution < -0.4 is 9.47 Å². The summed E-state index contributed by atoms with van der Waals surface area (Å²) in [6.45, 7) is 10.9. The van der Waals surface area contributed by atoms with Crippen LogP contribution in [0, 0.1) is 0 Å². The van der Waals surface area contributed by atoms with Gasteiger partial charge in [-0.1, -0.05) is 37.4 Å². The SMILES string of the molecule is C=C(C)C(=O)OC(COC)COc1ccc(OCC(COC)OC(=O)C(=C)C)c2ccccc12. The van der Waals surface area contributed by atoms with E-state index < -0.39 is 24.1 Å². The average molecular weight is 473 g/mol. The Bertz CT molecular complexity index is 933. The third-order valence-electron chi connectivity index (χ3n) is 4.64. The first-order valence-electron chi connectivity index (χ1n) is 10.7. The Morgan fingerprint density at radius 2 is 1.09 bits per heavy atom. The van der Waals surface area contributed by atoms with Gasteiger partial charge in [-0.15, -0.1) is 0 Å². The molecule has 2 aromatic rings. The fraction of sp³-hybridized carbons (Fsp3) is 0.385. The smallest absolute Gasteiger partial charge is 0.333 e. The fourth-order valence-corrected chi connectivity index (χ4v) is 2.97. The quantitative estimate of drug-likeness (QED) is 0.302. The van der Waals surface area contributed by atoms with E-state index in [0.29, 0.717) is 22.6 Å². The van der Waals surface area contributed by atoms with E-state index in [-0.39, 0.29) is 26.4 Å². The molecule has 2 unspecified atom stereocenters. The zero-order valence-electron chi connectivity index (χ0n) is 20.1. The molecule has 0 N–H and O–H groups in total. The largest absolute Gasteiger partial charge is 0.489 e. The molecule has 0 aliphatic carbocycles. The lowest BCUT2D eigenvalue weighted by molar-refractivity contribution is -0.149. The van der Waals surface area contributed by atoms with Gasteiger partial charge in [0.25, 0.3) is 0 Å². The molecular formula is C26H32O8. The van der Waals surface area contributed by atoms with Crippen LogP contribution in [-0.4, -0.2) is 64.8 Å². The number of rotatable bonds is 14. The van der Waals surface area contributed by atoms with Crippen molar-refractivity contribution >= 4 is 22.7 Å². The number of esters is 2. The Morgan fingerprint density at radius 1 is 0.706 bits per heavy atom. The summed E-state index contributed by atoms with van der Waals surface area (Å²) in [5.74, 6) is 0.185. The molecule has 0 saturated carbocycles. The molecule has 2 aromatic carbocycles. The number of ether oxygens (including phenoxy) is 6. The van der Waals surface area contributed by atoms with Crippen molar-refractivity contribution in [3.05, 3.63) is 60.7 Å². The van der Waals surface area contributed by atoms with Gasteiger partial charge in [0.05, 0.1) is 13.2 Å². The third kappa shape index (κ3) is 7.90. The van der Waals surface area contributed by atoms with Crippen LogP contribution in [0.1, 0.15) is 13.8 Å². The highest BCUT2D eigenvalue weighted by Gasteiger charge is 2.19. The molecule has 0 heterocycles. The first-order valence-corrected chi connectivity index (χ1v) is 10.7. The van der Waals surface area contributed by atoms with E-state index >= 15 is 0 Å². The molecule has 8 nitrogen and oxygen atoms in total. The van der Waals surface area contributed by atoms with Crippen LogP contribution in [0.3, 0.4) is 0 Å². The standard InChI is InChI=1S/C26H32O8/c1-17(2)25(27)33-19(13-29-5)15-31-23-11-12-24(22-10-8-7-9-21(22)23)32-16-20(14-30-6)34-26(28)18(3)4/h7-12,19-20H,1,3,13-16H2,2,4-6H3. The van der Waals surface area contributed by atoms with Crippen LogP contribution in [0.5, 0.6) is 11.5 Å². The highest BCUT2D eigenvalue weighted by molar-refractivity contribution is 5.93. The van der Waals surface area contributed by atoms with Gasteiger partial charge in [-0.05, 0) is 26.0 Å². The molecule has 184 valence electrons. The zero-order chi connectivity index (χ0) is 25.1. The summed E-state index contributed by atoms with van der Waals surface area (Å²) in [4.78, 5) is 23.8. The number of fused-ring (bicyclic) bond motifs is 1. The van der Waals surface area contributed by atoms with Crippen LogP contribution in [0.15, 0.2) is 60.7 Å². The van der Waals surface area contributed by atoms with E-state index in [2.05, 4.69) is 13.2 Å². The van der Waals surface area contributed by atoms with Gasteiger partial charge in [0.15, 0.2) is 12.2 Å². The molecule has 34 heavy (non-hydrogen) atoms. The van der Waals surface area contributed by atoms with E-state index in [1.165, 1.54) is 14.2 Å². The van der Waals surface area contributed by atoms with Gasteiger partial charge in [-0.3, -0.25) is 0 Å². The molecule has 2 rings (SSSR count). The zero-order valence-corrected chi connectivity index (χ0v) is 20.1. The monoisotopic (exact) mass is 472 g/mol. The molecular weight excluding hydrogens is 440 g/mol. The lowest BCUT2D eigenvalue weighted by Gasteiger charge is -2.20. The summed E-state index contributed by atoms with van der Waals surface area (Å²) in [6.07, 6.45) is -1.19. The van der Waals surface area contributed by atoms with Crippen LogP contribution in [0.25, 0.3) is 10.8 Å². The van der Waals surface area contributed by atoms with Crippen LogP contribution in [0.4, 0.5) is 0 Å². The van der Waals surface area contributed by atoms with Crippen LogP contribution in [-0.2, 0) is 28.5 Å². The van der Waals surface area contributed by atoms with E-state index in [0.717, 1.165) is 10.8 Å². The highest BCUT2D eigenvalue weighted by atomic mass is 16.6. The lowest BCUT2D eigenvalue weighted by atomic mass is 10.1. The second-order valence-corrected chi connectivity index (χ2v) is 7.76. The fourth-order valence-electron chi connectivity index (χ4n) is 2.97. The molecule has 0 bridgehead atoms. The van der Waals surface area contributed by atoms with Crippen molar-refractivity contribution < 1.29 is 38.0 Å². The van der Waals surface area contributed by atoms with E-state index in [1.807, 2.05) is 24.3 Å². The first kappa shape index (κ1) is 26.9. The van der Waals surface area contributed by atoms with Gasteiger partial charge in [-0.2, -0.15) is 0 Å². The van der Waals surface area contributed by atoms with E-state index in [4.69, 9.17) is 28.4 Å². The molecule has 0 radical (unpaired) electrons. The number of methoxy groups -OCH3 is 2. The summed E-state index contributed by atoms with van der Waals surface area (Å²) < 4.78 is 33.0. The van der Waals surface area contributed by atoms with Crippen molar-refractivity contribution in [2.75, 3.05) is 40.6 Å². The third-order valence-corrected chi connectivity index (χ3v) is 4.64. The summed E-state index contributed by atoms with van der Waals surface area (Å²) in [5.41, 5.74) is 0.600. The van der Waals surface area contributed by atoms with Crippen molar-refractivity contribution in [1.29, 1.82) is 0 Å². The summed E-state index contributed by atoms with van der Waals surface area (Å²) >= 11 is 0. The molecule has 0 fully saturated rings. The van der Waals surface area contributed by atoms with Gasteiger partial charge in [0.1, 0.15) is 24.7 Å². The molecule has 2 atom stereocenters. The normalized spacial score (nSPS) is 12.5. The maximum atomic E-state index is 11.9. The molecule has 0 saturated heterocycles. The first-order chi connectivity index (χ1) is 16.3. The van der Waals surface area contributed by atoms with Crippen molar-refractivity contribution in [2.24, 2.45) is 0 Å². The second-order valence-electron chi connectivity index (χ2n) is 7.76. The van der Waals surface area contributed by atoms with Crippen LogP contribution in [0.2, 0.25) is 0 Å². The number of carbonyl (C=O) groups excluding carboxylic acids is 2. The Morgan fingerprint density at radius 3 is 1.41 bits per heavy atom. The second kappa shape index (κ2) is 13.4. The average Bonchev–Trinajstić information content (AvgIpc) is 2.81. The topological polar surface area (TPSA) is 89.5 Å². The number of hydrogen-bond acceptors (Lipinski definition) is 8. The van der Waals surface area contributed by atoms with Gasteiger partial charge in [0.2, 0.25) is 0 Å².